The third kappa shape index (κ3) is 3.56. The fourth-order valence-corrected chi connectivity index (χ4v) is 3.41. The lowest BCUT2D eigenvalue weighted by Gasteiger charge is -2.17. The van der Waals surface area contributed by atoms with Crippen LogP contribution in [0.2, 0.25) is 0 Å². The summed E-state index contributed by atoms with van der Waals surface area (Å²) >= 11 is 0. The molecule has 1 aromatic heterocycles. The topological polar surface area (TPSA) is 65.2 Å². The van der Waals surface area contributed by atoms with Gasteiger partial charge in [0.1, 0.15) is 17.6 Å². The first-order valence-corrected chi connectivity index (χ1v) is 8.93. The van der Waals surface area contributed by atoms with Crippen molar-refractivity contribution in [3.8, 4) is 0 Å². The molecule has 1 atom stereocenters. The van der Waals surface area contributed by atoms with Gasteiger partial charge in [0.2, 0.25) is 5.91 Å². The third-order valence-corrected chi connectivity index (χ3v) is 4.92. The third-order valence-electron chi connectivity index (χ3n) is 4.92. The first kappa shape index (κ1) is 17.3. The minimum absolute atomic E-state index is 0.0777. The van der Waals surface area contributed by atoms with Gasteiger partial charge in [-0.05, 0) is 43.2 Å². The number of H-pyrrole nitrogens is 1. The molecule has 6 heteroatoms. The molecular formula is C21H20FN3O2. The van der Waals surface area contributed by atoms with E-state index in [1.807, 2.05) is 31.2 Å². The van der Waals surface area contributed by atoms with Crippen LogP contribution in [0.15, 0.2) is 48.5 Å². The van der Waals surface area contributed by atoms with E-state index in [-0.39, 0.29) is 17.6 Å². The summed E-state index contributed by atoms with van der Waals surface area (Å²) in [6.07, 6.45) is 0.575. The number of benzene rings is 2. The molecule has 2 N–H and O–H groups in total. The SMILES string of the molecule is Cc1ccc(CN2CC[C@H](NC(=O)c3cc4cc(F)ccc4[nH]3)C2=O)cc1. The lowest BCUT2D eigenvalue weighted by atomic mass is 10.1. The summed E-state index contributed by atoms with van der Waals surface area (Å²) in [6.45, 7) is 3.17. The second-order valence-corrected chi connectivity index (χ2v) is 6.97. The number of aromatic nitrogens is 1. The predicted molar refractivity (Wildman–Crippen MR) is 101 cm³/mol. The molecule has 0 bridgehead atoms. The van der Waals surface area contributed by atoms with E-state index in [4.69, 9.17) is 0 Å². The van der Waals surface area contributed by atoms with E-state index in [0.29, 0.717) is 36.1 Å². The standard InChI is InChI=1S/C21H20FN3O2/c1-13-2-4-14(5-3-13)12-25-9-8-18(21(25)27)24-20(26)19-11-15-10-16(22)6-7-17(15)23-19/h2-7,10-11,18,23H,8-9,12H2,1H3,(H,24,26)/t18-/m0/s1. The Morgan fingerprint density at radius 3 is 2.78 bits per heavy atom. The minimum atomic E-state index is -0.536. The molecule has 27 heavy (non-hydrogen) atoms. The highest BCUT2D eigenvalue weighted by atomic mass is 19.1. The van der Waals surface area contributed by atoms with E-state index in [9.17, 15) is 14.0 Å². The monoisotopic (exact) mass is 365 g/mol. The molecule has 3 aromatic rings. The number of hydrogen-bond donors (Lipinski definition) is 2. The Morgan fingerprint density at radius 2 is 2.00 bits per heavy atom. The molecular weight excluding hydrogens is 345 g/mol. The quantitative estimate of drug-likeness (QED) is 0.746. The molecule has 5 nitrogen and oxygen atoms in total. The number of carbonyl (C=O) groups is 2. The van der Waals surface area contributed by atoms with E-state index < -0.39 is 6.04 Å². The average Bonchev–Trinajstić information content (AvgIpc) is 3.21. The van der Waals surface area contributed by atoms with Crippen LogP contribution in [0.25, 0.3) is 10.9 Å². The van der Waals surface area contributed by atoms with Crippen molar-refractivity contribution in [2.45, 2.75) is 25.9 Å². The van der Waals surface area contributed by atoms with E-state index in [2.05, 4.69) is 10.3 Å². The molecule has 1 fully saturated rings. The number of rotatable bonds is 4. The summed E-state index contributed by atoms with van der Waals surface area (Å²) in [5.74, 6) is -0.792. The molecule has 0 unspecified atom stereocenters. The molecule has 2 amide bonds. The van der Waals surface area contributed by atoms with Crippen LogP contribution in [0.3, 0.4) is 0 Å². The molecule has 1 aliphatic heterocycles. The molecule has 1 saturated heterocycles. The fraction of sp³-hybridized carbons (Fsp3) is 0.238. The van der Waals surface area contributed by atoms with Crippen molar-refractivity contribution >= 4 is 22.7 Å². The summed E-state index contributed by atoms with van der Waals surface area (Å²) in [5.41, 5.74) is 3.24. The van der Waals surface area contributed by atoms with Gasteiger partial charge in [-0.1, -0.05) is 29.8 Å². The summed E-state index contributed by atoms with van der Waals surface area (Å²) in [6, 6.07) is 13.4. The van der Waals surface area contributed by atoms with Gasteiger partial charge in [-0.25, -0.2) is 4.39 Å². The normalized spacial score (nSPS) is 16.9. The van der Waals surface area contributed by atoms with Crippen molar-refractivity contribution in [1.29, 1.82) is 0 Å². The summed E-state index contributed by atoms with van der Waals surface area (Å²) in [5, 5.41) is 3.41. The highest BCUT2D eigenvalue weighted by Gasteiger charge is 2.33. The molecule has 0 radical (unpaired) electrons. The van der Waals surface area contributed by atoms with Crippen molar-refractivity contribution in [2.24, 2.45) is 0 Å². The van der Waals surface area contributed by atoms with Gasteiger partial charge >= 0.3 is 0 Å². The van der Waals surface area contributed by atoms with Crippen LogP contribution in [-0.2, 0) is 11.3 Å². The molecule has 138 valence electrons. The van der Waals surface area contributed by atoms with Gasteiger partial charge in [-0.2, -0.15) is 0 Å². The fourth-order valence-electron chi connectivity index (χ4n) is 3.41. The van der Waals surface area contributed by atoms with Crippen LogP contribution < -0.4 is 5.32 Å². The summed E-state index contributed by atoms with van der Waals surface area (Å²) < 4.78 is 13.3. The number of nitrogens with one attached hydrogen (secondary N) is 2. The van der Waals surface area contributed by atoms with Crippen LogP contribution >= 0.6 is 0 Å². The molecule has 4 rings (SSSR count). The van der Waals surface area contributed by atoms with Gasteiger partial charge in [0.25, 0.3) is 5.91 Å². The highest BCUT2D eigenvalue weighted by Crippen LogP contribution is 2.19. The zero-order valence-electron chi connectivity index (χ0n) is 15.0. The number of aryl methyl sites for hydroxylation is 1. The maximum absolute atomic E-state index is 13.3. The first-order valence-electron chi connectivity index (χ1n) is 8.93. The average molecular weight is 365 g/mol. The Bertz CT molecular complexity index is 1010. The molecule has 0 aliphatic carbocycles. The van der Waals surface area contributed by atoms with Crippen molar-refractivity contribution in [1.82, 2.24) is 15.2 Å². The van der Waals surface area contributed by atoms with E-state index in [1.165, 1.54) is 17.7 Å². The molecule has 0 saturated carbocycles. The number of amides is 2. The van der Waals surface area contributed by atoms with Crippen molar-refractivity contribution < 1.29 is 14.0 Å². The molecule has 2 heterocycles. The Hall–Kier alpha value is -3.15. The molecule has 2 aromatic carbocycles. The lowest BCUT2D eigenvalue weighted by molar-refractivity contribution is -0.129. The second kappa shape index (κ2) is 6.87. The lowest BCUT2D eigenvalue weighted by Crippen LogP contribution is -2.41. The van der Waals surface area contributed by atoms with Crippen molar-refractivity contribution in [3.05, 3.63) is 71.2 Å². The Kier molecular flexibility index (Phi) is 4.39. The second-order valence-electron chi connectivity index (χ2n) is 6.97. The van der Waals surface area contributed by atoms with Crippen LogP contribution in [0, 0.1) is 12.7 Å². The largest absolute Gasteiger partial charge is 0.351 e. The number of nitrogens with zero attached hydrogens (tertiary/aromatic N) is 1. The Balaban J connectivity index is 1.42. The molecule has 1 aliphatic rings. The number of hydrogen-bond acceptors (Lipinski definition) is 2. The number of carbonyl (C=O) groups excluding carboxylic acids is 2. The first-order chi connectivity index (χ1) is 13.0. The van der Waals surface area contributed by atoms with E-state index >= 15 is 0 Å². The van der Waals surface area contributed by atoms with E-state index in [0.717, 1.165) is 5.56 Å². The van der Waals surface area contributed by atoms with Gasteiger partial charge < -0.3 is 15.2 Å². The smallest absolute Gasteiger partial charge is 0.268 e. The van der Waals surface area contributed by atoms with Gasteiger partial charge in [-0.15, -0.1) is 0 Å². The predicted octanol–water partition coefficient (Wildman–Crippen LogP) is 3.15. The zero-order chi connectivity index (χ0) is 19.0. The maximum Gasteiger partial charge on any atom is 0.268 e. The minimum Gasteiger partial charge on any atom is -0.351 e. The van der Waals surface area contributed by atoms with Gasteiger partial charge in [-0.3, -0.25) is 9.59 Å². The van der Waals surface area contributed by atoms with Crippen LogP contribution in [0.5, 0.6) is 0 Å². The van der Waals surface area contributed by atoms with Crippen LogP contribution in [0.4, 0.5) is 4.39 Å². The zero-order valence-corrected chi connectivity index (χ0v) is 15.0. The number of aromatic amines is 1. The van der Waals surface area contributed by atoms with Crippen molar-refractivity contribution in [3.63, 3.8) is 0 Å². The van der Waals surface area contributed by atoms with Gasteiger partial charge in [0.15, 0.2) is 0 Å². The van der Waals surface area contributed by atoms with Crippen molar-refractivity contribution in [2.75, 3.05) is 6.54 Å². The summed E-state index contributed by atoms with van der Waals surface area (Å²) in [7, 11) is 0. The van der Waals surface area contributed by atoms with Crippen LogP contribution in [0.1, 0.15) is 28.0 Å². The van der Waals surface area contributed by atoms with Crippen LogP contribution in [-0.4, -0.2) is 34.3 Å². The van der Waals surface area contributed by atoms with Gasteiger partial charge in [0, 0.05) is 24.0 Å². The van der Waals surface area contributed by atoms with Gasteiger partial charge in [0.05, 0.1) is 0 Å². The maximum atomic E-state index is 13.3. The number of likely N-dealkylation sites (tertiary alicyclic amines) is 1. The highest BCUT2D eigenvalue weighted by molar-refractivity contribution is 6.00. The summed E-state index contributed by atoms with van der Waals surface area (Å²) in [4.78, 5) is 29.8. The Labute approximate surface area is 156 Å². The Morgan fingerprint density at radius 1 is 1.22 bits per heavy atom. The number of fused-ring (bicyclic) bond motifs is 1. The number of halogens is 1. The van der Waals surface area contributed by atoms with E-state index in [1.54, 1.807) is 17.0 Å². The molecule has 0 spiro atoms.